The fourth-order valence-corrected chi connectivity index (χ4v) is 2.79. The molecule has 3 nitrogen and oxygen atoms in total. The maximum Gasteiger partial charge on any atom is 0.141 e. The van der Waals surface area contributed by atoms with E-state index < -0.39 is 0 Å². The molecule has 0 amide bonds. The summed E-state index contributed by atoms with van der Waals surface area (Å²) in [6.45, 7) is 0.867. The first-order chi connectivity index (χ1) is 8.25. The van der Waals surface area contributed by atoms with Crippen molar-refractivity contribution in [3.63, 3.8) is 0 Å². The molecule has 1 aromatic heterocycles. The van der Waals surface area contributed by atoms with Crippen molar-refractivity contribution >= 4 is 15.9 Å². The summed E-state index contributed by atoms with van der Waals surface area (Å²) in [5.74, 6) is 1.02. The summed E-state index contributed by atoms with van der Waals surface area (Å²) >= 11 is 3.58. The standard InChI is InChI=1S/C13H14BrN3/c14-12-4-2-1-3-11(12)13-16-7-10-6-5-9(15)8-17(10)13/h1-4,7,9H,5-6,8,15H2. The van der Waals surface area contributed by atoms with Crippen molar-refractivity contribution in [2.45, 2.75) is 25.4 Å². The molecule has 2 aromatic rings. The Balaban J connectivity index is 2.11. The van der Waals surface area contributed by atoms with Crippen LogP contribution < -0.4 is 5.73 Å². The Morgan fingerprint density at radius 1 is 1.35 bits per heavy atom. The molecule has 17 heavy (non-hydrogen) atoms. The van der Waals surface area contributed by atoms with Gasteiger partial charge in [0.15, 0.2) is 0 Å². The maximum absolute atomic E-state index is 6.03. The summed E-state index contributed by atoms with van der Waals surface area (Å²) in [6, 6.07) is 8.42. The number of aryl methyl sites for hydroxylation is 1. The zero-order valence-electron chi connectivity index (χ0n) is 9.44. The highest BCUT2D eigenvalue weighted by Crippen LogP contribution is 2.29. The van der Waals surface area contributed by atoms with E-state index in [0.29, 0.717) is 0 Å². The number of halogens is 1. The van der Waals surface area contributed by atoms with Gasteiger partial charge in [-0.1, -0.05) is 34.1 Å². The Morgan fingerprint density at radius 3 is 3.00 bits per heavy atom. The van der Waals surface area contributed by atoms with Crippen LogP contribution in [0.1, 0.15) is 12.1 Å². The molecule has 1 aromatic carbocycles. The van der Waals surface area contributed by atoms with E-state index in [4.69, 9.17) is 5.73 Å². The monoisotopic (exact) mass is 291 g/mol. The summed E-state index contributed by atoms with van der Waals surface area (Å²) in [6.07, 6.45) is 4.06. The number of fused-ring (bicyclic) bond motifs is 1. The summed E-state index contributed by atoms with van der Waals surface area (Å²) < 4.78 is 3.32. The van der Waals surface area contributed by atoms with Gasteiger partial charge in [-0.15, -0.1) is 0 Å². The number of hydrogen-bond donors (Lipinski definition) is 1. The Bertz CT molecular complexity index is 547. The maximum atomic E-state index is 6.03. The Hall–Kier alpha value is -1.13. The van der Waals surface area contributed by atoms with Crippen LogP contribution in [0.15, 0.2) is 34.9 Å². The number of imidazole rings is 1. The highest BCUT2D eigenvalue weighted by molar-refractivity contribution is 9.10. The molecule has 88 valence electrons. The molecule has 0 spiro atoms. The number of benzene rings is 1. The summed E-state index contributed by atoms with van der Waals surface area (Å²) in [5, 5.41) is 0. The fraction of sp³-hybridized carbons (Fsp3) is 0.308. The van der Waals surface area contributed by atoms with Crippen molar-refractivity contribution in [3.8, 4) is 11.4 Å². The molecule has 0 bridgehead atoms. The van der Waals surface area contributed by atoms with Crippen LogP contribution in [0, 0.1) is 0 Å². The van der Waals surface area contributed by atoms with Crippen LogP contribution in [-0.4, -0.2) is 15.6 Å². The lowest BCUT2D eigenvalue weighted by Gasteiger charge is -2.22. The van der Waals surface area contributed by atoms with Crippen molar-refractivity contribution < 1.29 is 0 Å². The lowest BCUT2D eigenvalue weighted by atomic mass is 10.1. The predicted molar refractivity (Wildman–Crippen MR) is 71.7 cm³/mol. The van der Waals surface area contributed by atoms with Crippen LogP contribution in [0.25, 0.3) is 11.4 Å². The van der Waals surface area contributed by atoms with Crippen LogP contribution >= 0.6 is 15.9 Å². The highest BCUT2D eigenvalue weighted by Gasteiger charge is 2.20. The quantitative estimate of drug-likeness (QED) is 0.878. The van der Waals surface area contributed by atoms with Gasteiger partial charge in [-0.2, -0.15) is 0 Å². The molecule has 2 heterocycles. The van der Waals surface area contributed by atoms with Gasteiger partial charge in [-0.05, 0) is 18.9 Å². The lowest BCUT2D eigenvalue weighted by Crippen LogP contribution is -2.32. The molecule has 1 atom stereocenters. The Morgan fingerprint density at radius 2 is 2.18 bits per heavy atom. The third-order valence-electron chi connectivity index (χ3n) is 3.24. The SMILES string of the molecule is NC1CCc2cnc(-c3ccccc3Br)n2C1. The highest BCUT2D eigenvalue weighted by atomic mass is 79.9. The summed E-state index contributed by atoms with van der Waals surface area (Å²) in [4.78, 5) is 4.54. The topological polar surface area (TPSA) is 43.8 Å². The molecule has 0 saturated carbocycles. The number of aromatic nitrogens is 2. The fourth-order valence-electron chi connectivity index (χ4n) is 2.33. The summed E-state index contributed by atoms with van der Waals surface area (Å²) in [7, 11) is 0. The van der Waals surface area contributed by atoms with Crippen molar-refractivity contribution in [3.05, 3.63) is 40.6 Å². The van der Waals surface area contributed by atoms with E-state index in [9.17, 15) is 0 Å². The first-order valence-electron chi connectivity index (χ1n) is 5.80. The van der Waals surface area contributed by atoms with Crippen molar-refractivity contribution in [1.82, 2.24) is 9.55 Å². The number of hydrogen-bond acceptors (Lipinski definition) is 2. The van der Waals surface area contributed by atoms with Gasteiger partial charge in [0, 0.05) is 34.5 Å². The van der Waals surface area contributed by atoms with Gasteiger partial charge in [-0.25, -0.2) is 4.98 Å². The van der Waals surface area contributed by atoms with E-state index in [1.807, 2.05) is 24.4 Å². The second-order valence-electron chi connectivity index (χ2n) is 4.46. The van der Waals surface area contributed by atoms with E-state index >= 15 is 0 Å². The van der Waals surface area contributed by atoms with Gasteiger partial charge in [-0.3, -0.25) is 0 Å². The average molecular weight is 292 g/mol. The molecule has 0 radical (unpaired) electrons. The molecular formula is C13H14BrN3. The minimum atomic E-state index is 0.248. The molecule has 1 aliphatic heterocycles. The van der Waals surface area contributed by atoms with E-state index in [0.717, 1.165) is 35.2 Å². The molecule has 3 rings (SSSR count). The number of rotatable bonds is 1. The molecule has 1 aliphatic rings. The van der Waals surface area contributed by atoms with Gasteiger partial charge < -0.3 is 10.3 Å². The molecule has 4 heteroatoms. The molecule has 0 aliphatic carbocycles. The van der Waals surface area contributed by atoms with Crippen molar-refractivity contribution in [1.29, 1.82) is 0 Å². The van der Waals surface area contributed by atoms with E-state index in [1.165, 1.54) is 5.69 Å². The van der Waals surface area contributed by atoms with E-state index in [-0.39, 0.29) is 6.04 Å². The smallest absolute Gasteiger partial charge is 0.141 e. The predicted octanol–water partition coefficient (Wildman–Crippen LogP) is 2.59. The third kappa shape index (κ3) is 1.91. The van der Waals surface area contributed by atoms with Crippen LogP contribution in [-0.2, 0) is 13.0 Å². The molecule has 0 fully saturated rings. The van der Waals surface area contributed by atoms with Crippen LogP contribution in [0.3, 0.4) is 0 Å². The van der Waals surface area contributed by atoms with Crippen LogP contribution in [0.2, 0.25) is 0 Å². The van der Waals surface area contributed by atoms with Gasteiger partial charge in [0.2, 0.25) is 0 Å². The van der Waals surface area contributed by atoms with Gasteiger partial charge in [0.05, 0.1) is 0 Å². The minimum Gasteiger partial charge on any atom is -0.327 e. The second kappa shape index (κ2) is 4.27. The minimum absolute atomic E-state index is 0.248. The molecule has 0 saturated heterocycles. The van der Waals surface area contributed by atoms with Crippen molar-refractivity contribution in [2.24, 2.45) is 5.73 Å². The van der Waals surface area contributed by atoms with Gasteiger partial charge in [0.25, 0.3) is 0 Å². The normalized spacial score (nSPS) is 19.1. The molecule has 2 N–H and O–H groups in total. The zero-order chi connectivity index (χ0) is 11.8. The third-order valence-corrected chi connectivity index (χ3v) is 3.93. The zero-order valence-corrected chi connectivity index (χ0v) is 11.0. The molecular weight excluding hydrogens is 278 g/mol. The van der Waals surface area contributed by atoms with Crippen molar-refractivity contribution in [2.75, 3.05) is 0 Å². The van der Waals surface area contributed by atoms with Crippen LogP contribution in [0.5, 0.6) is 0 Å². The lowest BCUT2D eigenvalue weighted by molar-refractivity contribution is 0.463. The number of nitrogens with zero attached hydrogens (tertiary/aromatic N) is 2. The molecule has 1 unspecified atom stereocenters. The van der Waals surface area contributed by atoms with Gasteiger partial charge in [0.1, 0.15) is 5.82 Å². The summed E-state index contributed by atoms with van der Waals surface area (Å²) in [5.41, 5.74) is 8.46. The van der Waals surface area contributed by atoms with E-state index in [2.05, 4.69) is 31.5 Å². The largest absolute Gasteiger partial charge is 0.327 e. The Kier molecular flexibility index (Phi) is 2.76. The Labute approximate surface area is 109 Å². The first kappa shape index (κ1) is 11.0. The van der Waals surface area contributed by atoms with Gasteiger partial charge >= 0.3 is 0 Å². The number of nitrogens with two attached hydrogens (primary N) is 1. The van der Waals surface area contributed by atoms with E-state index in [1.54, 1.807) is 0 Å². The second-order valence-corrected chi connectivity index (χ2v) is 5.32. The average Bonchev–Trinajstić information content (AvgIpc) is 2.72. The van der Waals surface area contributed by atoms with Crippen LogP contribution in [0.4, 0.5) is 0 Å². The first-order valence-corrected chi connectivity index (χ1v) is 6.60.